The van der Waals surface area contributed by atoms with Gasteiger partial charge < -0.3 is 19.6 Å². The summed E-state index contributed by atoms with van der Waals surface area (Å²) in [4.78, 5) is 10.2. The highest BCUT2D eigenvalue weighted by Crippen LogP contribution is 2.86. The van der Waals surface area contributed by atoms with Crippen molar-refractivity contribution >= 4 is 39.7 Å². The summed E-state index contributed by atoms with van der Waals surface area (Å²) in [6, 6.07) is 60.7. The molecule has 0 radical (unpaired) electrons. The minimum atomic E-state index is -0.688. The lowest BCUT2D eigenvalue weighted by Gasteiger charge is -2.41. The van der Waals surface area contributed by atoms with Crippen LogP contribution in [0.25, 0.3) is 5.57 Å². The molecule has 0 N–H and O–H groups in total. The van der Waals surface area contributed by atoms with E-state index in [9.17, 15) is 0 Å². The van der Waals surface area contributed by atoms with Crippen molar-refractivity contribution in [1.82, 2.24) is 0 Å². The molecule has 1 spiro atoms. The van der Waals surface area contributed by atoms with Gasteiger partial charge in [-0.05, 0) is 275 Å². The van der Waals surface area contributed by atoms with Crippen LogP contribution in [-0.2, 0) is 17.4 Å². The SMILES string of the molecule is C=C/C=C(C)\C=C(/C)N(C1=CC2=C(CC=C1)c1ccc(CN(c3cccc(C)c3)c3cccc(C)c3)cc1C21c2cc(N(C3=CCC(C)=CC=C3)C3=CC(C)CC=C3)ccc2C23CC=CC(N(c4cccc(C)c4)c4cccc(C)c4)=CC21C3)c1cccc(C)c1.CC. The van der Waals surface area contributed by atoms with E-state index in [2.05, 4.69) is 337 Å². The third kappa shape index (κ3) is 11.2. The molecule has 7 aromatic rings. The molecule has 7 aliphatic rings. The van der Waals surface area contributed by atoms with Gasteiger partial charge in [0.25, 0.3) is 0 Å². The topological polar surface area (TPSA) is 13.0 Å². The fraction of sp³-hybridized carbons (Fsp3) is 0.236. The van der Waals surface area contributed by atoms with Crippen LogP contribution in [0.2, 0.25) is 0 Å². The van der Waals surface area contributed by atoms with E-state index in [1.54, 1.807) is 0 Å². The average Bonchev–Trinajstić information content (AvgIpc) is 1.43. The number of anilines is 6. The van der Waals surface area contributed by atoms with Gasteiger partial charge in [-0.3, -0.25) is 0 Å². The summed E-state index contributed by atoms with van der Waals surface area (Å²) in [7, 11) is 0. The zero-order valence-corrected chi connectivity index (χ0v) is 56.6. The predicted molar refractivity (Wildman–Crippen MR) is 397 cm³/mol. The normalized spacial score (nSPS) is 21.4. The number of fused-ring (bicyclic) bond motifs is 6. The largest absolute Gasteiger partial charge is 0.337 e. The number of hydrogen-bond donors (Lipinski definition) is 0. The second-order valence-electron chi connectivity index (χ2n) is 27.0. The maximum absolute atomic E-state index is 4.11. The van der Waals surface area contributed by atoms with Gasteiger partial charge >= 0.3 is 0 Å². The summed E-state index contributed by atoms with van der Waals surface area (Å²) < 4.78 is 0. The fourth-order valence-electron chi connectivity index (χ4n) is 16.3. The van der Waals surface area contributed by atoms with Crippen molar-refractivity contribution in [2.24, 2.45) is 11.3 Å². The molecule has 4 atom stereocenters. The number of allylic oxidation sites excluding steroid dienone is 21. The molecule has 4 nitrogen and oxygen atoms in total. The maximum Gasteiger partial charge on any atom is 0.0565 e. The van der Waals surface area contributed by atoms with Gasteiger partial charge in [0.05, 0.1) is 5.41 Å². The lowest BCUT2D eigenvalue weighted by molar-refractivity contribution is 0.409. The first-order valence-electron chi connectivity index (χ1n) is 33.9. The molecule has 4 heteroatoms. The Morgan fingerprint density at radius 3 is 1.82 bits per heavy atom. The van der Waals surface area contributed by atoms with E-state index < -0.39 is 10.8 Å². The van der Waals surface area contributed by atoms with Crippen molar-refractivity contribution in [2.75, 3.05) is 19.6 Å². The van der Waals surface area contributed by atoms with Crippen molar-refractivity contribution in [3.63, 3.8) is 0 Å². The zero-order chi connectivity index (χ0) is 64.8. The van der Waals surface area contributed by atoms with Gasteiger partial charge in [-0.15, -0.1) is 0 Å². The first-order valence-corrected chi connectivity index (χ1v) is 33.9. The van der Waals surface area contributed by atoms with Crippen molar-refractivity contribution in [2.45, 2.75) is 126 Å². The minimum absolute atomic E-state index is 0.243. The Morgan fingerprint density at radius 2 is 1.17 bits per heavy atom. The highest BCUT2D eigenvalue weighted by Gasteiger charge is 2.82. The Morgan fingerprint density at radius 1 is 0.570 bits per heavy atom. The third-order valence-corrected chi connectivity index (χ3v) is 20.2. The molecule has 466 valence electrons. The number of nitrogens with zero attached hydrogens (tertiary/aromatic N) is 4. The first kappa shape index (κ1) is 62.2. The molecule has 4 unspecified atom stereocenters. The van der Waals surface area contributed by atoms with E-state index in [1.807, 2.05) is 19.9 Å². The summed E-state index contributed by atoms with van der Waals surface area (Å²) >= 11 is 0. The van der Waals surface area contributed by atoms with Crippen LogP contribution in [-0.4, -0.2) is 0 Å². The Labute approximate surface area is 555 Å². The maximum atomic E-state index is 4.11. The van der Waals surface area contributed by atoms with Crippen LogP contribution in [0, 0.1) is 46.0 Å². The van der Waals surface area contributed by atoms with Gasteiger partial charge in [-0.1, -0.05) is 179 Å². The van der Waals surface area contributed by atoms with Crippen LogP contribution in [0.3, 0.4) is 0 Å². The second kappa shape index (κ2) is 25.5. The fourth-order valence-corrected chi connectivity index (χ4v) is 16.3. The standard InChI is InChI=1S/C87H84N4.C2H6/c1-11-21-60(3)46-67(10)89(72-32-15-25-63(6)49-72)76-36-19-38-79-80-43-40-68(57-88(70-30-13-23-61(4)47-70)71-31-14-24-62(5)48-71)53-82(80)87(83(79)54-76)84-55-77(90(73-33-16-26-64(7)50-73)69-29-12-22-59(2)39-41-69)42-44-81(84)85-45-20-37-78(56-86(85,87)58-85)91(74-34-17-27-65(8)51-74)75-35-18-28-66(9)52-75;1-2/h11-25,27-37,40-44,46-56,64H,1,26,38-39,45,57-58H2,2-10H3;1-2H3/b60-21-,67-46+;. The molecule has 0 saturated heterocycles. The predicted octanol–water partition coefficient (Wildman–Crippen LogP) is 23.4. The van der Waals surface area contributed by atoms with E-state index >= 15 is 0 Å². The molecule has 14 rings (SSSR count). The molecule has 7 aromatic carbocycles. The summed E-state index contributed by atoms with van der Waals surface area (Å²) in [5, 5.41) is 0. The highest BCUT2D eigenvalue weighted by molar-refractivity contribution is 5.93. The van der Waals surface area contributed by atoms with Crippen molar-refractivity contribution in [3.05, 3.63) is 362 Å². The second-order valence-corrected chi connectivity index (χ2v) is 27.0. The molecule has 0 heterocycles. The summed E-state index contributed by atoms with van der Waals surface area (Å²) in [6.07, 6.45) is 42.7. The lowest BCUT2D eigenvalue weighted by Crippen LogP contribution is -2.38. The Kier molecular flexibility index (Phi) is 17.0. The number of rotatable bonds is 15. The quantitative estimate of drug-likeness (QED) is 0.0949. The van der Waals surface area contributed by atoms with Crippen LogP contribution in [0.5, 0.6) is 0 Å². The van der Waals surface area contributed by atoms with Gasteiger partial charge in [0, 0.05) is 80.0 Å². The Bertz CT molecular complexity index is 4440. The smallest absolute Gasteiger partial charge is 0.0565 e. The molecule has 7 aliphatic carbocycles. The zero-order valence-electron chi connectivity index (χ0n) is 56.6. The van der Waals surface area contributed by atoms with Crippen LogP contribution >= 0.6 is 0 Å². The van der Waals surface area contributed by atoms with E-state index in [4.69, 9.17) is 0 Å². The average molecular weight is 1220 g/mol. The van der Waals surface area contributed by atoms with E-state index in [0.717, 1.165) is 66.1 Å². The van der Waals surface area contributed by atoms with Crippen molar-refractivity contribution < 1.29 is 0 Å². The minimum Gasteiger partial charge on any atom is -0.337 e. The lowest BCUT2D eigenvalue weighted by atomic mass is 9.62. The summed E-state index contributed by atoms with van der Waals surface area (Å²) in [6.45, 7) is 28.9. The van der Waals surface area contributed by atoms with Gasteiger partial charge in [0.15, 0.2) is 0 Å². The van der Waals surface area contributed by atoms with Gasteiger partial charge in [0.2, 0.25) is 0 Å². The van der Waals surface area contributed by atoms with E-state index in [1.165, 1.54) is 107 Å². The first-order chi connectivity index (χ1) is 45.2. The van der Waals surface area contributed by atoms with Gasteiger partial charge in [0.1, 0.15) is 0 Å². The molecule has 0 bridgehead atoms. The number of benzene rings is 7. The molecule has 0 aromatic heterocycles. The molecule has 1 fully saturated rings. The monoisotopic (exact) mass is 1210 g/mol. The Balaban J connectivity index is 0.00000390. The molecular formula is C89H90N4. The number of aryl methyl sites for hydroxylation is 5. The van der Waals surface area contributed by atoms with Crippen LogP contribution in [0.4, 0.5) is 34.1 Å². The molecule has 0 amide bonds. The van der Waals surface area contributed by atoms with Crippen molar-refractivity contribution in [1.29, 1.82) is 0 Å². The molecule has 93 heavy (non-hydrogen) atoms. The summed E-state index contributed by atoms with van der Waals surface area (Å²) in [5.41, 5.74) is 29.8. The third-order valence-electron chi connectivity index (χ3n) is 20.2. The van der Waals surface area contributed by atoms with Crippen LogP contribution in [0.15, 0.2) is 307 Å². The molecular weight excluding hydrogens is 1130 g/mol. The van der Waals surface area contributed by atoms with Crippen LogP contribution in [0.1, 0.15) is 129 Å². The van der Waals surface area contributed by atoms with E-state index in [-0.39, 0.29) is 5.41 Å². The summed E-state index contributed by atoms with van der Waals surface area (Å²) in [5.74, 6) is 0.398. The molecule has 0 aliphatic heterocycles. The van der Waals surface area contributed by atoms with Crippen LogP contribution < -0.4 is 19.6 Å². The van der Waals surface area contributed by atoms with Crippen molar-refractivity contribution in [3.8, 4) is 0 Å². The molecule has 1 saturated carbocycles. The van der Waals surface area contributed by atoms with E-state index in [0.29, 0.717) is 12.5 Å². The van der Waals surface area contributed by atoms with Gasteiger partial charge in [-0.2, -0.15) is 0 Å². The number of hydrogen-bond acceptors (Lipinski definition) is 4. The highest BCUT2D eigenvalue weighted by atomic mass is 15.2. The Hall–Kier alpha value is -9.64. The van der Waals surface area contributed by atoms with Gasteiger partial charge in [-0.25, -0.2) is 0 Å².